The molecule has 0 amide bonds. The topological polar surface area (TPSA) is 69.8 Å². The molecular formula is C14H21N3O2. The zero-order chi connectivity index (χ0) is 14.2. The number of carboxylic acid groups (broad SMARTS) is 1. The molecular weight excluding hydrogens is 242 g/mol. The highest BCUT2D eigenvalue weighted by Gasteiger charge is 2.33. The summed E-state index contributed by atoms with van der Waals surface area (Å²) in [5.41, 5.74) is 7.46. The third kappa shape index (κ3) is 2.51. The molecule has 0 saturated carbocycles. The number of para-hydroxylation sites is 1. The van der Waals surface area contributed by atoms with E-state index >= 15 is 0 Å². The molecule has 104 valence electrons. The summed E-state index contributed by atoms with van der Waals surface area (Å²) in [6, 6.07) is 5.48. The van der Waals surface area contributed by atoms with E-state index in [1.54, 1.807) is 18.2 Å². The van der Waals surface area contributed by atoms with Gasteiger partial charge in [-0.2, -0.15) is 0 Å². The van der Waals surface area contributed by atoms with Crippen LogP contribution in [-0.2, 0) is 0 Å². The summed E-state index contributed by atoms with van der Waals surface area (Å²) in [6.45, 7) is 3.82. The van der Waals surface area contributed by atoms with Crippen LogP contribution in [-0.4, -0.2) is 49.2 Å². The minimum Gasteiger partial charge on any atom is -0.478 e. The van der Waals surface area contributed by atoms with Crippen molar-refractivity contribution in [1.29, 1.82) is 0 Å². The number of carbonyl (C=O) groups is 1. The number of aromatic carboxylic acids is 1. The van der Waals surface area contributed by atoms with Crippen LogP contribution in [0.15, 0.2) is 18.2 Å². The molecule has 1 heterocycles. The Morgan fingerprint density at radius 2 is 2.11 bits per heavy atom. The molecule has 0 bridgehead atoms. The Morgan fingerprint density at radius 1 is 1.42 bits per heavy atom. The molecule has 1 aromatic rings. The number of anilines is 2. The van der Waals surface area contributed by atoms with E-state index in [0.29, 0.717) is 23.3 Å². The monoisotopic (exact) mass is 263 g/mol. The van der Waals surface area contributed by atoms with Gasteiger partial charge in [-0.15, -0.1) is 0 Å². The third-order valence-electron chi connectivity index (χ3n) is 3.85. The van der Waals surface area contributed by atoms with E-state index < -0.39 is 5.97 Å². The first-order valence-corrected chi connectivity index (χ1v) is 6.45. The van der Waals surface area contributed by atoms with Crippen LogP contribution >= 0.6 is 0 Å². The van der Waals surface area contributed by atoms with E-state index in [-0.39, 0.29) is 5.56 Å². The molecule has 2 unspecified atom stereocenters. The summed E-state index contributed by atoms with van der Waals surface area (Å²) in [4.78, 5) is 15.6. The van der Waals surface area contributed by atoms with Gasteiger partial charge in [0.05, 0.1) is 16.9 Å². The molecule has 1 saturated heterocycles. The zero-order valence-electron chi connectivity index (χ0n) is 11.6. The first-order valence-electron chi connectivity index (χ1n) is 6.45. The zero-order valence-corrected chi connectivity index (χ0v) is 11.6. The Balaban J connectivity index is 2.36. The van der Waals surface area contributed by atoms with E-state index in [2.05, 4.69) is 30.8 Å². The van der Waals surface area contributed by atoms with Crippen LogP contribution in [0.1, 0.15) is 17.3 Å². The summed E-state index contributed by atoms with van der Waals surface area (Å²) in [5.74, 6) is -0.445. The number of nitrogen functional groups attached to an aromatic ring is 1. The van der Waals surface area contributed by atoms with Gasteiger partial charge < -0.3 is 20.6 Å². The van der Waals surface area contributed by atoms with E-state index in [9.17, 15) is 9.90 Å². The Kier molecular flexibility index (Phi) is 3.66. The van der Waals surface area contributed by atoms with Gasteiger partial charge in [-0.3, -0.25) is 0 Å². The summed E-state index contributed by atoms with van der Waals surface area (Å²) < 4.78 is 0. The van der Waals surface area contributed by atoms with Crippen LogP contribution < -0.4 is 10.6 Å². The highest BCUT2D eigenvalue weighted by molar-refractivity contribution is 5.98. The molecule has 2 rings (SSSR count). The molecule has 3 N–H and O–H groups in total. The van der Waals surface area contributed by atoms with E-state index in [0.717, 1.165) is 13.1 Å². The third-order valence-corrected chi connectivity index (χ3v) is 3.85. The minimum atomic E-state index is -0.928. The van der Waals surface area contributed by atoms with E-state index in [1.165, 1.54) is 0 Å². The van der Waals surface area contributed by atoms with E-state index in [1.807, 2.05) is 0 Å². The standard InChI is InChI=1S/C14H21N3O2/c1-9-7-17(8-12(9)16(2)3)13-10(14(18)19)5-4-6-11(13)15/h4-6,9,12H,7-8,15H2,1-3H3,(H,18,19). The molecule has 2 atom stereocenters. The number of rotatable bonds is 3. The Labute approximate surface area is 113 Å². The van der Waals surface area contributed by atoms with Crippen LogP contribution in [0.4, 0.5) is 11.4 Å². The summed E-state index contributed by atoms with van der Waals surface area (Å²) >= 11 is 0. The maximum atomic E-state index is 11.3. The molecule has 0 radical (unpaired) electrons. The number of hydrogen-bond donors (Lipinski definition) is 2. The van der Waals surface area contributed by atoms with Crippen LogP contribution in [0.25, 0.3) is 0 Å². The number of nitrogens with zero attached hydrogens (tertiary/aromatic N) is 2. The average molecular weight is 263 g/mol. The van der Waals surface area contributed by atoms with Crippen molar-refractivity contribution in [3.8, 4) is 0 Å². The van der Waals surface area contributed by atoms with Crippen molar-refractivity contribution < 1.29 is 9.90 Å². The predicted octanol–water partition coefficient (Wildman–Crippen LogP) is 1.35. The van der Waals surface area contributed by atoms with Gasteiger partial charge >= 0.3 is 5.97 Å². The van der Waals surface area contributed by atoms with Gasteiger partial charge in [-0.1, -0.05) is 13.0 Å². The fourth-order valence-electron chi connectivity index (χ4n) is 2.89. The maximum Gasteiger partial charge on any atom is 0.337 e. The largest absolute Gasteiger partial charge is 0.478 e. The molecule has 0 aliphatic carbocycles. The number of nitrogens with two attached hydrogens (primary N) is 1. The molecule has 0 aromatic heterocycles. The van der Waals surface area contributed by atoms with Gasteiger partial charge in [0.15, 0.2) is 0 Å². The number of hydrogen-bond acceptors (Lipinski definition) is 4. The van der Waals surface area contributed by atoms with Crippen LogP contribution in [0, 0.1) is 5.92 Å². The van der Waals surface area contributed by atoms with Crippen molar-refractivity contribution >= 4 is 17.3 Å². The molecule has 0 spiro atoms. The van der Waals surface area contributed by atoms with Crippen molar-refractivity contribution in [1.82, 2.24) is 4.90 Å². The molecule has 5 heteroatoms. The summed E-state index contributed by atoms with van der Waals surface area (Å²) in [6.07, 6.45) is 0. The molecule has 19 heavy (non-hydrogen) atoms. The number of likely N-dealkylation sites (N-methyl/N-ethyl adjacent to an activating group) is 1. The fraction of sp³-hybridized carbons (Fsp3) is 0.500. The van der Waals surface area contributed by atoms with Crippen LogP contribution in [0.3, 0.4) is 0 Å². The SMILES string of the molecule is CC1CN(c2c(N)cccc2C(=O)O)CC1N(C)C. The Bertz CT molecular complexity index is 488. The molecule has 1 aromatic carbocycles. The lowest BCUT2D eigenvalue weighted by atomic mass is 10.1. The smallest absolute Gasteiger partial charge is 0.337 e. The van der Waals surface area contributed by atoms with E-state index in [4.69, 9.17) is 5.73 Å². The Hall–Kier alpha value is -1.75. The maximum absolute atomic E-state index is 11.3. The Morgan fingerprint density at radius 3 is 2.63 bits per heavy atom. The van der Waals surface area contributed by atoms with Gasteiger partial charge in [0.25, 0.3) is 0 Å². The first-order chi connectivity index (χ1) is 8.91. The van der Waals surface area contributed by atoms with Crippen molar-refractivity contribution in [2.45, 2.75) is 13.0 Å². The van der Waals surface area contributed by atoms with Crippen molar-refractivity contribution in [3.05, 3.63) is 23.8 Å². The van der Waals surface area contributed by atoms with Crippen molar-refractivity contribution in [3.63, 3.8) is 0 Å². The highest BCUT2D eigenvalue weighted by atomic mass is 16.4. The van der Waals surface area contributed by atoms with Crippen LogP contribution in [0.2, 0.25) is 0 Å². The second kappa shape index (κ2) is 5.09. The van der Waals surface area contributed by atoms with Gasteiger partial charge in [0, 0.05) is 19.1 Å². The minimum absolute atomic E-state index is 0.284. The second-order valence-electron chi connectivity index (χ2n) is 5.46. The molecule has 5 nitrogen and oxygen atoms in total. The van der Waals surface area contributed by atoms with Crippen LogP contribution in [0.5, 0.6) is 0 Å². The molecule has 1 fully saturated rings. The number of carboxylic acids is 1. The molecule has 1 aliphatic rings. The highest BCUT2D eigenvalue weighted by Crippen LogP contribution is 2.33. The van der Waals surface area contributed by atoms with Crippen molar-refractivity contribution in [2.75, 3.05) is 37.8 Å². The fourth-order valence-corrected chi connectivity index (χ4v) is 2.89. The number of benzene rings is 1. The quantitative estimate of drug-likeness (QED) is 0.806. The lowest BCUT2D eigenvalue weighted by Gasteiger charge is -2.24. The van der Waals surface area contributed by atoms with Gasteiger partial charge in [0.2, 0.25) is 0 Å². The second-order valence-corrected chi connectivity index (χ2v) is 5.46. The lowest BCUT2D eigenvalue weighted by Crippen LogP contribution is -2.34. The van der Waals surface area contributed by atoms with Gasteiger partial charge in [-0.05, 0) is 32.1 Å². The molecule has 1 aliphatic heterocycles. The lowest BCUT2D eigenvalue weighted by molar-refractivity contribution is 0.0697. The summed E-state index contributed by atoms with van der Waals surface area (Å²) in [7, 11) is 4.11. The normalized spacial score (nSPS) is 23.1. The first kappa shape index (κ1) is 13.7. The van der Waals surface area contributed by atoms with Gasteiger partial charge in [0.1, 0.15) is 0 Å². The van der Waals surface area contributed by atoms with Gasteiger partial charge in [-0.25, -0.2) is 4.79 Å². The predicted molar refractivity (Wildman–Crippen MR) is 76.7 cm³/mol. The average Bonchev–Trinajstić information content (AvgIpc) is 2.70. The van der Waals surface area contributed by atoms with Crippen molar-refractivity contribution in [2.24, 2.45) is 5.92 Å². The summed E-state index contributed by atoms with van der Waals surface area (Å²) in [5, 5.41) is 9.30.